The molecule has 3 nitrogen and oxygen atoms in total. The van der Waals surface area contributed by atoms with E-state index in [1.807, 2.05) is 30.4 Å². The molecule has 3 aromatic rings. The summed E-state index contributed by atoms with van der Waals surface area (Å²) in [6.07, 6.45) is 4.97. The molecule has 0 saturated heterocycles. The second-order valence-corrected chi connectivity index (χ2v) is 8.65. The maximum absolute atomic E-state index is 5.88. The van der Waals surface area contributed by atoms with Crippen molar-refractivity contribution in [2.75, 3.05) is 12.4 Å². The normalized spacial score (nSPS) is 13.8. The average Bonchev–Trinajstić information content (AvgIpc) is 2.96. The van der Waals surface area contributed by atoms with E-state index in [-0.39, 0.29) is 0 Å². The number of ether oxygens (including phenoxy) is 1. The number of nitrogens with zero attached hydrogens (tertiary/aromatic N) is 2. The molecule has 5 heteroatoms. The SMILES string of the molecule is Cc1cccc(OCCSc2nc(C)nc3sc4c(c23)CCCC4)c1. The largest absolute Gasteiger partial charge is 0.493 e. The smallest absolute Gasteiger partial charge is 0.128 e. The van der Waals surface area contributed by atoms with E-state index in [0.717, 1.165) is 22.4 Å². The molecule has 1 aliphatic rings. The summed E-state index contributed by atoms with van der Waals surface area (Å²) in [5.74, 6) is 2.70. The van der Waals surface area contributed by atoms with Crippen molar-refractivity contribution < 1.29 is 4.74 Å². The lowest BCUT2D eigenvalue weighted by Crippen LogP contribution is -2.02. The fraction of sp³-hybridized carbons (Fsp3) is 0.400. The van der Waals surface area contributed by atoms with Crippen LogP contribution in [0.25, 0.3) is 10.2 Å². The predicted molar refractivity (Wildman–Crippen MR) is 106 cm³/mol. The molecule has 0 saturated carbocycles. The number of rotatable bonds is 5. The monoisotopic (exact) mass is 370 g/mol. The van der Waals surface area contributed by atoms with Gasteiger partial charge in [-0.3, -0.25) is 0 Å². The van der Waals surface area contributed by atoms with Crippen LogP contribution in [0.2, 0.25) is 0 Å². The number of thiophene rings is 1. The van der Waals surface area contributed by atoms with Crippen molar-refractivity contribution >= 4 is 33.3 Å². The van der Waals surface area contributed by atoms with Gasteiger partial charge in [0.2, 0.25) is 0 Å². The number of hydrogen-bond acceptors (Lipinski definition) is 5. The van der Waals surface area contributed by atoms with Crippen LogP contribution < -0.4 is 4.74 Å². The Hall–Kier alpha value is -1.59. The van der Waals surface area contributed by atoms with Gasteiger partial charge in [0.05, 0.1) is 6.61 Å². The standard InChI is InChI=1S/C20H22N2OS2/c1-13-6-5-7-15(12-13)23-10-11-24-19-18-16-8-3-4-9-17(16)25-20(18)22-14(2)21-19/h5-7,12H,3-4,8-11H2,1-2H3. The van der Waals surface area contributed by atoms with Gasteiger partial charge in [-0.25, -0.2) is 9.97 Å². The minimum absolute atomic E-state index is 0.686. The fourth-order valence-corrected chi connectivity index (χ4v) is 5.63. The topological polar surface area (TPSA) is 35.0 Å². The molecule has 0 aliphatic heterocycles. The van der Waals surface area contributed by atoms with Gasteiger partial charge in [0.25, 0.3) is 0 Å². The highest BCUT2D eigenvalue weighted by molar-refractivity contribution is 7.99. The number of aryl methyl sites for hydroxylation is 4. The molecular weight excluding hydrogens is 348 g/mol. The highest BCUT2D eigenvalue weighted by atomic mass is 32.2. The van der Waals surface area contributed by atoms with Crippen molar-refractivity contribution in [3.05, 3.63) is 46.1 Å². The van der Waals surface area contributed by atoms with Gasteiger partial charge in [0.1, 0.15) is 21.4 Å². The first-order chi connectivity index (χ1) is 12.2. The first-order valence-corrected chi connectivity index (χ1v) is 10.6. The van der Waals surface area contributed by atoms with Crippen LogP contribution in [0.5, 0.6) is 5.75 Å². The van der Waals surface area contributed by atoms with Crippen molar-refractivity contribution in [2.24, 2.45) is 0 Å². The van der Waals surface area contributed by atoms with Crippen molar-refractivity contribution in [3.63, 3.8) is 0 Å². The van der Waals surface area contributed by atoms with E-state index in [9.17, 15) is 0 Å². The van der Waals surface area contributed by atoms with E-state index in [1.54, 1.807) is 11.8 Å². The molecule has 130 valence electrons. The summed E-state index contributed by atoms with van der Waals surface area (Å²) in [4.78, 5) is 12.1. The van der Waals surface area contributed by atoms with Crippen molar-refractivity contribution in [1.29, 1.82) is 0 Å². The lowest BCUT2D eigenvalue weighted by Gasteiger charge is -2.12. The summed E-state index contributed by atoms with van der Waals surface area (Å²) in [5, 5.41) is 2.44. The Morgan fingerprint density at radius 2 is 2.04 bits per heavy atom. The van der Waals surface area contributed by atoms with Gasteiger partial charge in [0.15, 0.2) is 0 Å². The summed E-state index contributed by atoms with van der Waals surface area (Å²) >= 11 is 3.67. The van der Waals surface area contributed by atoms with Gasteiger partial charge in [-0.1, -0.05) is 12.1 Å². The Balaban J connectivity index is 1.50. The molecule has 4 rings (SSSR count). The molecule has 0 radical (unpaired) electrons. The Kier molecular flexibility index (Phi) is 4.95. The zero-order valence-corrected chi connectivity index (χ0v) is 16.3. The van der Waals surface area contributed by atoms with Crippen LogP contribution in [0, 0.1) is 13.8 Å². The summed E-state index contributed by atoms with van der Waals surface area (Å²) < 4.78 is 5.88. The lowest BCUT2D eigenvalue weighted by atomic mass is 9.97. The summed E-state index contributed by atoms with van der Waals surface area (Å²) in [7, 11) is 0. The second kappa shape index (κ2) is 7.34. The van der Waals surface area contributed by atoms with E-state index in [2.05, 4.69) is 24.0 Å². The zero-order chi connectivity index (χ0) is 17.2. The van der Waals surface area contributed by atoms with Crippen LogP contribution in [0.1, 0.15) is 34.7 Å². The Labute approximate surface area is 156 Å². The minimum atomic E-state index is 0.686. The molecule has 0 atom stereocenters. The molecule has 25 heavy (non-hydrogen) atoms. The average molecular weight is 371 g/mol. The third-order valence-corrected chi connectivity index (χ3v) is 6.60. The second-order valence-electron chi connectivity index (χ2n) is 6.48. The number of fused-ring (bicyclic) bond motifs is 3. The molecule has 0 unspecified atom stereocenters. The quantitative estimate of drug-likeness (QED) is 0.344. The first-order valence-electron chi connectivity index (χ1n) is 8.82. The van der Waals surface area contributed by atoms with E-state index >= 15 is 0 Å². The Morgan fingerprint density at radius 1 is 1.16 bits per heavy atom. The summed E-state index contributed by atoms with van der Waals surface area (Å²) in [6.45, 7) is 4.76. The number of aromatic nitrogens is 2. The number of hydrogen-bond donors (Lipinski definition) is 0. The third-order valence-electron chi connectivity index (χ3n) is 4.47. The van der Waals surface area contributed by atoms with Crippen molar-refractivity contribution in [3.8, 4) is 5.75 Å². The van der Waals surface area contributed by atoms with E-state index in [1.165, 1.54) is 51.9 Å². The maximum Gasteiger partial charge on any atom is 0.128 e. The molecule has 2 heterocycles. The lowest BCUT2D eigenvalue weighted by molar-refractivity contribution is 0.343. The number of thioether (sulfide) groups is 1. The van der Waals surface area contributed by atoms with Crippen LogP contribution in [-0.2, 0) is 12.8 Å². The zero-order valence-electron chi connectivity index (χ0n) is 14.7. The van der Waals surface area contributed by atoms with Crippen LogP contribution >= 0.6 is 23.1 Å². The number of benzene rings is 1. The van der Waals surface area contributed by atoms with Gasteiger partial charge in [-0.15, -0.1) is 23.1 Å². The molecule has 0 amide bonds. The van der Waals surface area contributed by atoms with Crippen molar-refractivity contribution in [2.45, 2.75) is 44.6 Å². The van der Waals surface area contributed by atoms with Gasteiger partial charge >= 0.3 is 0 Å². The van der Waals surface area contributed by atoms with Crippen molar-refractivity contribution in [1.82, 2.24) is 9.97 Å². The minimum Gasteiger partial charge on any atom is -0.493 e. The molecule has 1 aromatic carbocycles. The van der Waals surface area contributed by atoms with Crippen LogP contribution in [-0.4, -0.2) is 22.3 Å². The molecular formula is C20H22N2OS2. The molecule has 0 N–H and O–H groups in total. The third kappa shape index (κ3) is 3.67. The van der Waals surface area contributed by atoms with Gasteiger partial charge in [-0.2, -0.15) is 0 Å². The summed E-state index contributed by atoms with van der Waals surface area (Å²) in [6, 6.07) is 8.21. The molecule has 1 aliphatic carbocycles. The molecule has 0 fully saturated rings. The van der Waals surface area contributed by atoms with Gasteiger partial charge < -0.3 is 4.74 Å². The van der Waals surface area contributed by atoms with Crippen LogP contribution in [0.15, 0.2) is 29.3 Å². The van der Waals surface area contributed by atoms with E-state index < -0.39 is 0 Å². The highest BCUT2D eigenvalue weighted by Gasteiger charge is 2.20. The van der Waals surface area contributed by atoms with Crippen LogP contribution in [0.3, 0.4) is 0 Å². The van der Waals surface area contributed by atoms with E-state index in [4.69, 9.17) is 9.72 Å². The summed E-state index contributed by atoms with van der Waals surface area (Å²) in [5.41, 5.74) is 2.73. The Morgan fingerprint density at radius 3 is 2.92 bits per heavy atom. The maximum atomic E-state index is 5.88. The molecule has 0 spiro atoms. The van der Waals surface area contributed by atoms with E-state index in [0.29, 0.717) is 6.61 Å². The predicted octanol–water partition coefficient (Wildman–Crippen LogP) is 5.36. The highest BCUT2D eigenvalue weighted by Crippen LogP contribution is 2.39. The Bertz CT molecular complexity index is 904. The van der Waals surface area contributed by atoms with Crippen LogP contribution in [0.4, 0.5) is 0 Å². The fourth-order valence-electron chi connectivity index (χ4n) is 3.33. The van der Waals surface area contributed by atoms with Gasteiger partial charge in [-0.05, 0) is 62.8 Å². The first kappa shape index (κ1) is 16.9. The molecule has 0 bridgehead atoms. The van der Waals surface area contributed by atoms with Gasteiger partial charge in [0, 0.05) is 16.0 Å². The molecule has 2 aromatic heterocycles.